The van der Waals surface area contributed by atoms with E-state index in [0.717, 1.165) is 38.9 Å². The fourth-order valence-electron chi connectivity index (χ4n) is 1.20. The van der Waals surface area contributed by atoms with Crippen LogP contribution < -0.4 is 0 Å². The minimum atomic E-state index is 0.244. The number of unbranched alkanes of at least 4 members (excludes halogenated alkanes) is 2. The number of ether oxygens (including phenoxy) is 5. The van der Waals surface area contributed by atoms with Gasteiger partial charge in [0.05, 0.1) is 26.4 Å². The van der Waals surface area contributed by atoms with Gasteiger partial charge in [-0.2, -0.15) is 0 Å². The van der Waals surface area contributed by atoms with Gasteiger partial charge in [0.25, 0.3) is 0 Å². The normalized spacial score (nSPS) is 11.1. The van der Waals surface area contributed by atoms with Crippen molar-refractivity contribution in [2.45, 2.75) is 39.5 Å². The third kappa shape index (κ3) is 17.8. The molecule has 19 heavy (non-hydrogen) atoms. The van der Waals surface area contributed by atoms with Gasteiger partial charge in [0.15, 0.2) is 0 Å². The predicted molar refractivity (Wildman–Crippen MR) is 74.2 cm³/mol. The molecule has 0 aliphatic heterocycles. The molecular formula is C14H30O5. The smallest absolute Gasteiger partial charge is 0.149 e. The molecule has 0 amide bonds. The van der Waals surface area contributed by atoms with Gasteiger partial charge in [-0.1, -0.05) is 26.7 Å². The summed E-state index contributed by atoms with van der Waals surface area (Å²) >= 11 is 0. The summed E-state index contributed by atoms with van der Waals surface area (Å²) in [4.78, 5) is 0. The van der Waals surface area contributed by atoms with Gasteiger partial charge in [-0.05, 0) is 12.8 Å². The van der Waals surface area contributed by atoms with Gasteiger partial charge in [-0.3, -0.25) is 0 Å². The predicted octanol–water partition coefficient (Wildman–Crippen LogP) is 2.58. The molecule has 0 bridgehead atoms. The van der Waals surface area contributed by atoms with Crippen LogP contribution in [0.25, 0.3) is 0 Å². The fraction of sp³-hybridized carbons (Fsp3) is 1.00. The molecule has 0 radical (unpaired) electrons. The average molecular weight is 278 g/mol. The van der Waals surface area contributed by atoms with E-state index in [9.17, 15) is 0 Å². The Hall–Kier alpha value is -0.200. The molecule has 0 aromatic heterocycles. The molecule has 116 valence electrons. The van der Waals surface area contributed by atoms with Crippen LogP contribution in [0.1, 0.15) is 39.5 Å². The van der Waals surface area contributed by atoms with Crippen molar-refractivity contribution >= 4 is 0 Å². The van der Waals surface area contributed by atoms with Gasteiger partial charge in [0, 0.05) is 13.2 Å². The molecular weight excluding hydrogens is 248 g/mol. The summed E-state index contributed by atoms with van der Waals surface area (Å²) in [7, 11) is 0. The molecule has 0 N–H and O–H groups in total. The van der Waals surface area contributed by atoms with Crippen molar-refractivity contribution in [1.82, 2.24) is 0 Å². The zero-order valence-electron chi connectivity index (χ0n) is 12.5. The van der Waals surface area contributed by atoms with E-state index in [0.29, 0.717) is 26.4 Å². The van der Waals surface area contributed by atoms with E-state index in [1.165, 1.54) is 0 Å². The summed E-state index contributed by atoms with van der Waals surface area (Å²) in [6.45, 7) is 8.75. The molecule has 0 atom stereocenters. The van der Waals surface area contributed by atoms with E-state index in [2.05, 4.69) is 13.8 Å². The van der Waals surface area contributed by atoms with Gasteiger partial charge in [-0.15, -0.1) is 0 Å². The van der Waals surface area contributed by atoms with Crippen molar-refractivity contribution in [2.24, 2.45) is 0 Å². The Morgan fingerprint density at radius 3 is 1.32 bits per heavy atom. The van der Waals surface area contributed by atoms with Gasteiger partial charge in [0.2, 0.25) is 0 Å². The van der Waals surface area contributed by atoms with Crippen LogP contribution in [0.5, 0.6) is 0 Å². The van der Waals surface area contributed by atoms with Crippen molar-refractivity contribution in [1.29, 1.82) is 0 Å². The molecule has 0 heterocycles. The number of hydrogen-bond acceptors (Lipinski definition) is 5. The lowest BCUT2D eigenvalue weighted by atomic mass is 10.4. The summed E-state index contributed by atoms with van der Waals surface area (Å²) < 4.78 is 26.2. The van der Waals surface area contributed by atoms with Crippen LogP contribution in [0.3, 0.4) is 0 Å². The maximum atomic E-state index is 5.34. The summed E-state index contributed by atoms with van der Waals surface area (Å²) in [6.07, 6.45) is 4.52. The lowest BCUT2D eigenvalue weighted by Crippen LogP contribution is -2.11. The molecule has 0 aromatic rings. The second-order valence-electron chi connectivity index (χ2n) is 4.19. The maximum absolute atomic E-state index is 5.34. The topological polar surface area (TPSA) is 46.2 Å². The highest BCUT2D eigenvalue weighted by Crippen LogP contribution is 1.89. The van der Waals surface area contributed by atoms with Gasteiger partial charge in [-0.25, -0.2) is 0 Å². The van der Waals surface area contributed by atoms with Crippen LogP contribution in [0.2, 0.25) is 0 Å². The van der Waals surface area contributed by atoms with Crippen LogP contribution in [0, 0.1) is 0 Å². The Balaban J connectivity index is 2.88. The highest BCUT2D eigenvalue weighted by Gasteiger charge is 1.92. The first kappa shape index (κ1) is 18.8. The lowest BCUT2D eigenvalue weighted by molar-refractivity contribution is -0.141. The summed E-state index contributed by atoms with van der Waals surface area (Å²) in [6, 6.07) is 0. The second-order valence-corrected chi connectivity index (χ2v) is 4.19. The van der Waals surface area contributed by atoms with E-state index in [4.69, 9.17) is 23.7 Å². The highest BCUT2D eigenvalue weighted by atomic mass is 16.7. The zero-order chi connectivity index (χ0) is 14.0. The lowest BCUT2D eigenvalue weighted by Gasteiger charge is -2.07. The molecule has 0 spiro atoms. The Kier molecular flexibility index (Phi) is 17.6. The van der Waals surface area contributed by atoms with E-state index in [-0.39, 0.29) is 13.6 Å². The van der Waals surface area contributed by atoms with E-state index in [1.54, 1.807) is 0 Å². The molecule has 0 saturated heterocycles. The summed E-state index contributed by atoms with van der Waals surface area (Å²) in [5.41, 5.74) is 0. The van der Waals surface area contributed by atoms with Gasteiger partial charge >= 0.3 is 0 Å². The molecule has 0 fully saturated rings. The van der Waals surface area contributed by atoms with E-state index >= 15 is 0 Å². The van der Waals surface area contributed by atoms with Crippen molar-refractivity contribution in [3.05, 3.63) is 0 Å². The highest BCUT2D eigenvalue weighted by molar-refractivity contribution is 4.33. The Bertz CT molecular complexity index is 139. The molecule has 0 aliphatic carbocycles. The standard InChI is InChI=1S/C14H30O5/c1-3-5-7-15-9-11-17-13-19-14-18-12-10-16-8-6-4-2/h3-14H2,1-2H3. The van der Waals surface area contributed by atoms with Crippen LogP contribution in [0.4, 0.5) is 0 Å². The van der Waals surface area contributed by atoms with Crippen LogP contribution in [0.15, 0.2) is 0 Å². The Morgan fingerprint density at radius 1 is 0.474 bits per heavy atom. The summed E-state index contributed by atoms with van der Waals surface area (Å²) in [5, 5.41) is 0. The Morgan fingerprint density at radius 2 is 0.895 bits per heavy atom. The average Bonchev–Trinajstić information content (AvgIpc) is 2.43. The molecule has 0 aliphatic rings. The van der Waals surface area contributed by atoms with Crippen LogP contribution >= 0.6 is 0 Å². The third-order valence-electron chi connectivity index (χ3n) is 2.36. The van der Waals surface area contributed by atoms with Crippen molar-refractivity contribution in [3.8, 4) is 0 Å². The minimum absolute atomic E-state index is 0.244. The Labute approximate surface area is 117 Å². The first-order chi connectivity index (χ1) is 9.41. The van der Waals surface area contributed by atoms with Crippen LogP contribution in [-0.4, -0.2) is 53.2 Å². The van der Waals surface area contributed by atoms with Gasteiger partial charge in [0.1, 0.15) is 13.6 Å². The largest absolute Gasteiger partial charge is 0.379 e. The van der Waals surface area contributed by atoms with Crippen LogP contribution in [-0.2, 0) is 23.7 Å². The van der Waals surface area contributed by atoms with E-state index in [1.807, 2.05) is 0 Å². The molecule has 0 aromatic carbocycles. The van der Waals surface area contributed by atoms with Gasteiger partial charge < -0.3 is 23.7 Å². The maximum Gasteiger partial charge on any atom is 0.149 e. The minimum Gasteiger partial charge on any atom is -0.379 e. The number of hydrogen-bond donors (Lipinski definition) is 0. The SMILES string of the molecule is CCCCOCCOCOCOCCOCCCC. The van der Waals surface area contributed by atoms with E-state index < -0.39 is 0 Å². The first-order valence-corrected chi connectivity index (χ1v) is 7.30. The molecule has 0 saturated carbocycles. The quantitative estimate of drug-likeness (QED) is 0.321. The molecule has 0 rings (SSSR count). The monoisotopic (exact) mass is 278 g/mol. The molecule has 0 unspecified atom stereocenters. The van der Waals surface area contributed by atoms with Crippen molar-refractivity contribution in [2.75, 3.05) is 53.2 Å². The zero-order valence-corrected chi connectivity index (χ0v) is 12.5. The fourth-order valence-corrected chi connectivity index (χ4v) is 1.20. The summed E-state index contributed by atoms with van der Waals surface area (Å²) in [5.74, 6) is 0. The van der Waals surface area contributed by atoms with Crippen molar-refractivity contribution < 1.29 is 23.7 Å². The van der Waals surface area contributed by atoms with Crippen molar-refractivity contribution in [3.63, 3.8) is 0 Å². The number of rotatable bonds is 16. The third-order valence-corrected chi connectivity index (χ3v) is 2.36. The second kappa shape index (κ2) is 17.8. The first-order valence-electron chi connectivity index (χ1n) is 7.30. The molecule has 5 heteroatoms. The molecule has 5 nitrogen and oxygen atoms in total.